The van der Waals surface area contributed by atoms with Crippen LogP contribution in [0.4, 0.5) is 4.39 Å². The number of hydrogen-bond donors (Lipinski definition) is 1. The van der Waals surface area contributed by atoms with Gasteiger partial charge < -0.3 is 9.47 Å². The summed E-state index contributed by atoms with van der Waals surface area (Å²) in [5, 5.41) is 3.88. The van der Waals surface area contributed by atoms with Gasteiger partial charge in [0, 0.05) is 0 Å². The molecule has 3 rings (SSSR count). The van der Waals surface area contributed by atoms with E-state index in [4.69, 9.17) is 9.47 Å². The highest BCUT2D eigenvalue weighted by molar-refractivity contribution is 5.91. The second-order valence-corrected chi connectivity index (χ2v) is 6.80. The molecule has 1 amide bonds. The molecule has 0 atom stereocenters. The molecule has 158 valence electrons. The summed E-state index contributed by atoms with van der Waals surface area (Å²) < 4.78 is 23.9. The monoisotopic (exact) mass is 420 g/mol. The third-order valence-corrected chi connectivity index (χ3v) is 4.40. The van der Waals surface area contributed by atoms with Crippen molar-refractivity contribution in [3.05, 3.63) is 94.8 Å². The van der Waals surface area contributed by atoms with Crippen molar-refractivity contribution in [3.8, 4) is 11.5 Å². The minimum Gasteiger partial charge on any atom is -0.484 e. The molecule has 0 heterocycles. The van der Waals surface area contributed by atoms with E-state index in [2.05, 4.69) is 10.5 Å². The summed E-state index contributed by atoms with van der Waals surface area (Å²) in [5.74, 6) is -0.641. The Bertz CT molecular complexity index is 1110. The van der Waals surface area contributed by atoms with Crippen LogP contribution in [0.5, 0.6) is 11.5 Å². The minimum absolute atomic E-state index is 0.122. The Hall–Kier alpha value is -4.00. The van der Waals surface area contributed by atoms with E-state index in [-0.39, 0.29) is 12.2 Å². The lowest BCUT2D eigenvalue weighted by Crippen LogP contribution is -2.24. The number of nitrogens with zero attached hydrogens (tertiary/aromatic N) is 1. The second-order valence-electron chi connectivity index (χ2n) is 6.80. The number of rotatable bonds is 7. The molecule has 6 nitrogen and oxygen atoms in total. The zero-order valence-corrected chi connectivity index (χ0v) is 17.1. The molecule has 0 aliphatic rings. The van der Waals surface area contributed by atoms with Crippen LogP contribution in [0.25, 0.3) is 0 Å². The predicted molar refractivity (Wildman–Crippen MR) is 115 cm³/mol. The maximum absolute atomic E-state index is 13.2. The first kappa shape index (κ1) is 21.7. The fraction of sp³-hybridized carbons (Fsp3) is 0.125. The van der Waals surface area contributed by atoms with Crippen molar-refractivity contribution in [1.29, 1.82) is 0 Å². The zero-order valence-electron chi connectivity index (χ0n) is 17.1. The Morgan fingerprint density at radius 2 is 1.71 bits per heavy atom. The predicted octanol–water partition coefficient (Wildman–Crippen LogP) is 4.19. The average molecular weight is 420 g/mol. The summed E-state index contributed by atoms with van der Waals surface area (Å²) in [6.45, 7) is 3.82. The fourth-order valence-corrected chi connectivity index (χ4v) is 2.57. The van der Waals surface area contributed by atoms with E-state index in [1.807, 2.05) is 32.0 Å². The lowest BCUT2D eigenvalue weighted by atomic mass is 10.1. The molecule has 0 spiro atoms. The molecule has 3 aromatic carbocycles. The molecule has 0 saturated heterocycles. The first-order chi connectivity index (χ1) is 14.9. The molecule has 0 bridgehead atoms. The Balaban J connectivity index is 1.47. The summed E-state index contributed by atoms with van der Waals surface area (Å²) in [6, 6.07) is 17.3. The highest BCUT2D eigenvalue weighted by atomic mass is 19.1. The van der Waals surface area contributed by atoms with Crippen molar-refractivity contribution in [2.75, 3.05) is 6.61 Å². The van der Waals surface area contributed by atoms with Crippen molar-refractivity contribution >= 4 is 18.1 Å². The first-order valence-electron chi connectivity index (χ1n) is 9.50. The number of benzene rings is 3. The number of nitrogens with one attached hydrogen (secondary N) is 1. The van der Waals surface area contributed by atoms with Gasteiger partial charge >= 0.3 is 5.97 Å². The molecule has 31 heavy (non-hydrogen) atoms. The molecular weight excluding hydrogens is 399 g/mol. The Morgan fingerprint density at radius 3 is 2.42 bits per heavy atom. The highest BCUT2D eigenvalue weighted by Crippen LogP contribution is 2.16. The van der Waals surface area contributed by atoms with Crippen LogP contribution >= 0.6 is 0 Å². The molecule has 0 aliphatic carbocycles. The van der Waals surface area contributed by atoms with E-state index in [1.54, 1.807) is 24.3 Å². The van der Waals surface area contributed by atoms with E-state index in [9.17, 15) is 14.0 Å². The minimum atomic E-state index is -0.656. The maximum Gasteiger partial charge on any atom is 0.343 e. The number of hydrogen-bond acceptors (Lipinski definition) is 5. The number of halogens is 1. The van der Waals surface area contributed by atoms with Gasteiger partial charge in [-0.05, 0) is 85.1 Å². The lowest BCUT2D eigenvalue weighted by Gasteiger charge is -2.07. The van der Waals surface area contributed by atoms with E-state index >= 15 is 0 Å². The van der Waals surface area contributed by atoms with Crippen LogP contribution in [-0.2, 0) is 4.79 Å². The van der Waals surface area contributed by atoms with Crippen molar-refractivity contribution < 1.29 is 23.5 Å². The van der Waals surface area contributed by atoms with Crippen molar-refractivity contribution in [2.45, 2.75) is 13.8 Å². The first-order valence-corrected chi connectivity index (χ1v) is 9.50. The van der Waals surface area contributed by atoms with E-state index < -0.39 is 17.7 Å². The summed E-state index contributed by atoms with van der Waals surface area (Å²) in [7, 11) is 0. The summed E-state index contributed by atoms with van der Waals surface area (Å²) in [4.78, 5) is 23.9. The molecule has 0 unspecified atom stereocenters. The van der Waals surface area contributed by atoms with Gasteiger partial charge in [0.25, 0.3) is 5.91 Å². The standard InChI is InChI=1S/C24H21FN2O4/c1-16-6-9-22(12-17(16)2)30-15-23(28)27-26-14-18-7-10-21(11-8-18)31-24(29)19-4-3-5-20(25)13-19/h3-14H,15H2,1-2H3,(H,27,28)/b26-14+. The number of aryl methyl sites for hydroxylation is 2. The highest BCUT2D eigenvalue weighted by Gasteiger charge is 2.09. The third kappa shape index (κ3) is 6.50. The van der Waals surface area contributed by atoms with Crippen LogP contribution in [0.2, 0.25) is 0 Å². The fourth-order valence-electron chi connectivity index (χ4n) is 2.57. The number of esters is 1. The van der Waals surface area contributed by atoms with Crippen molar-refractivity contribution in [1.82, 2.24) is 5.43 Å². The number of carbonyl (C=O) groups excluding carboxylic acids is 2. The van der Waals surface area contributed by atoms with E-state index in [1.165, 1.54) is 24.4 Å². The average Bonchev–Trinajstić information content (AvgIpc) is 2.76. The molecule has 0 radical (unpaired) electrons. The van der Waals surface area contributed by atoms with Crippen molar-refractivity contribution in [2.24, 2.45) is 5.10 Å². The van der Waals surface area contributed by atoms with Gasteiger partial charge in [0.2, 0.25) is 0 Å². The number of ether oxygens (including phenoxy) is 2. The van der Waals surface area contributed by atoms with Gasteiger partial charge in [-0.2, -0.15) is 5.10 Å². The molecule has 1 N–H and O–H groups in total. The molecule has 0 aromatic heterocycles. The summed E-state index contributed by atoms with van der Waals surface area (Å²) >= 11 is 0. The van der Waals surface area contributed by atoms with Gasteiger partial charge in [-0.1, -0.05) is 12.1 Å². The van der Waals surface area contributed by atoms with Gasteiger partial charge in [0.1, 0.15) is 17.3 Å². The largest absolute Gasteiger partial charge is 0.484 e. The van der Waals surface area contributed by atoms with Crippen LogP contribution in [0.3, 0.4) is 0 Å². The normalized spacial score (nSPS) is 10.7. The van der Waals surface area contributed by atoms with Gasteiger partial charge in [-0.3, -0.25) is 4.79 Å². The van der Waals surface area contributed by atoms with E-state index in [0.717, 1.165) is 17.2 Å². The quantitative estimate of drug-likeness (QED) is 0.269. The molecule has 0 aliphatic heterocycles. The van der Waals surface area contributed by atoms with Gasteiger partial charge in [0.15, 0.2) is 6.61 Å². The van der Waals surface area contributed by atoms with Crippen LogP contribution in [0.15, 0.2) is 71.8 Å². The Kier molecular flexibility index (Phi) is 7.11. The van der Waals surface area contributed by atoms with Crippen LogP contribution in [0.1, 0.15) is 27.0 Å². The van der Waals surface area contributed by atoms with Crippen LogP contribution < -0.4 is 14.9 Å². The van der Waals surface area contributed by atoms with Crippen molar-refractivity contribution in [3.63, 3.8) is 0 Å². The number of amides is 1. The second kappa shape index (κ2) is 10.2. The summed E-state index contributed by atoms with van der Waals surface area (Å²) in [6.07, 6.45) is 1.45. The molecule has 3 aromatic rings. The Morgan fingerprint density at radius 1 is 0.968 bits per heavy atom. The van der Waals surface area contributed by atoms with Gasteiger partial charge in [-0.25, -0.2) is 14.6 Å². The van der Waals surface area contributed by atoms with Gasteiger partial charge in [0.05, 0.1) is 11.8 Å². The zero-order chi connectivity index (χ0) is 22.2. The third-order valence-electron chi connectivity index (χ3n) is 4.40. The summed E-state index contributed by atoms with van der Waals surface area (Å²) in [5.41, 5.74) is 5.42. The lowest BCUT2D eigenvalue weighted by molar-refractivity contribution is -0.123. The molecule has 0 saturated carbocycles. The van der Waals surface area contributed by atoms with Crippen LogP contribution in [0, 0.1) is 19.7 Å². The number of carbonyl (C=O) groups is 2. The van der Waals surface area contributed by atoms with E-state index in [0.29, 0.717) is 17.1 Å². The van der Waals surface area contributed by atoms with Crippen LogP contribution in [-0.4, -0.2) is 24.7 Å². The Labute approximate surface area is 179 Å². The smallest absolute Gasteiger partial charge is 0.343 e. The molecular formula is C24H21FN2O4. The molecule has 7 heteroatoms. The maximum atomic E-state index is 13.2. The SMILES string of the molecule is Cc1ccc(OCC(=O)N/N=C/c2ccc(OC(=O)c3cccc(F)c3)cc2)cc1C. The topological polar surface area (TPSA) is 77.0 Å². The molecule has 0 fully saturated rings. The van der Waals surface area contributed by atoms with Gasteiger partial charge in [-0.15, -0.1) is 0 Å². The number of hydrazone groups is 1.